The Kier molecular flexibility index (Phi) is 7.53. The summed E-state index contributed by atoms with van der Waals surface area (Å²) in [5.41, 5.74) is 2.04. The van der Waals surface area contributed by atoms with Gasteiger partial charge >= 0.3 is 0 Å². The molecule has 1 aromatic rings. The lowest BCUT2D eigenvalue weighted by molar-refractivity contribution is 0.196. The Balaban J connectivity index is 2.87. The molecule has 0 heterocycles. The number of benzene rings is 1. The molecule has 0 amide bonds. The predicted octanol–water partition coefficient (Wildman–Crippen LogP) is 2.43. The molecular formula is C16H22O3S. The first-order chi connectivity index (χ1) is 9.58. The number of thioether (sulfide) groups is 1. The number of methoxy groups -OCH3 is 1. The van der Waals surface area contributed by atoms with E-state index in [0.29, 0.717) is 6.42 Å². The molecule has 0 bridgehead atoms. The van der Waals surface area contributed by atoms with Gasteiger partial charge in [-0.3, -0.25) is 0 Å². The molecule has 0 saturated carbocycles. The molecule has 0 aliphatic carbocycles. The van der Waals surface area contributed by atoms with Crippen LogP contribution < -0.4 is 4.74 Å². The van der Waals surface area contributed by atoms with Gasteiger partial charge in [-0.25, -0.2) is 0 Å². The zero-order valence-electron chi connectivity index (χ0n) is 12.2. The third kappa shape index (κ3) is 5.46. The molecule has 0 saturated heterocycles. The Morgan fingerprint density at radius 2 is 2.10 bits per heavy atom. The van der Waals surface area contributed by atoms with E-state index < -0.39 is 0 Å². The number of hydrogen-bond acceptors (Lipinski definition) is 4. The van der Waals surface area contributed by atoms with Crippen LogP contribution in [0.15, 0.2) is 18.2 Å². The molecule has 0 aliphatic heterocycles. The van der Waals surface area contributed by atoms with Crippen molar-refractivity contribution in [2.45, 2.75) is 37.4 Å². The Morgan fingerprint density at radius 1 is 1.35 bits per heavy atom. The highest BCUT2D eigenvalue weighted by atomic mass is 32.2. The first kappa shape index (κ1) is 16.9. The van der Waals surface area contributed by atoms with Crippen LogP contribution in [-0.2, 0) is 5.75 Å². The standard InChI is InChI=1S/C16H22O3S/c1-12(18)13(2)20-11-15-10-16(19-3)8-7-14(15)6-4-5-9-17/h7-8,10,12-13,17-18H,5,9,11H2,1-3H3. The summed E-state index contributed by atoms with van der Waals surface area (Å²) in [5, 5.41) is 18.5. The second-order valence-corrected chi connectivity index (χ2v) is 5.92. The van der Waals surface area contributed by atoms with Gasteiger partial charge in [0.25, 0.3) is 0 Å². The normalized spacial score (nSPS) is 13.2. The van der Waals surface area contributed by atoms with Crippen LogP contribution in [0.5, 0.6) is 5.75 Å². The molecule has 0 fully saturated rings. The molecule has 110 valence electrons. The smallest absolute Gasteiger partial charge is 0.119 e. The molecule has 3 nitrogen and oxygen atoms in total. The van der Waals surface area contributed by atoms with E-state index in [1.807, 2.05) is 25.1 Å². The summed E-state index contributed by atoms with van der Waals surface area (Å²) < 4.78 is 5.24. The van der Waals surface area contributed by atoms with Crippen LogP contribution in [0, 0.1) is 11.8 Å². The van der Waals surface area contributed by atoms with Crippen molar-refractivity contribution >= 4 is 11.8 Å². The fraction of sp³-hybridized carbons (Fsp3) is 0.500. The van der Waals surface area contributed by atoms with Gasteiger partial charge in [0.1, 0.15) is 5.75 Å². The fourth-order valence-electron chi connectivity index (χ4n) is 1.51. The van der Waals surface area contributed by atoms with Gasteiger partial charge in [0, 0.05) is 23.0 Å². The van der Waals surface area contributed by atoms with Crippen LogP contribution in [0.3, 0.4) is 0 Å². The van der Waals surface area contributed by atoms with Crippen LogP contribution in [0.25, 0.3) is 0 Å². The minimum atomic E-state index is -0.338. The van der Waals surface area contributed by atoms with Gasteiger partial charge in [0.2, 0.25) is 0 Å². The average Bonchev–Trinajstić information content (AvgIpc) is 2.45. The van der Waals surface area contributed by atoms with Gasteiger partial charge in [0.05, 0.1) is 19.8 Å². The number of aliphatic hydroxyl groups excluding tert-OH is 2. The lowest BCUT2D eigenvalue weighted by Crippen LogP contribution is -2.15. The third-order valence-electron chi connectivity index (χ3n) is 2.95. The van der Waals surface area contributed by atoms with Crippen molar-refractivity contribution in [2.75, 3.05) is 13.7 Å². The van der Waals surface area contributed by atoms with Gasteiger partial charge in [-0.1, -0.05) is 18.8 Å². The predicted molar refractivity (Wildman–Crippen MR) is 84.0 cm³/mol. The van der Waals surface area contributed by atoms with E-state index in [2.05, 4.69) is 11.8 Å². The Bertz CT molecular complexity index is 474. The molecule has 2 atom stereocenters. The minimum Gasteiger partial charge on any atom is -0.497 e. The van der Waals surface area contributed by atoms with Gasteiger partial charge < -0.3 is 14.9 Å². The maximum atomic E-state index is 9.54. The maximum absolute atomic E-state index is 9.54. The average molecular weight is 294 g/mol. The van der Waals surface area contributed by atoms with Gasteiger partial charge in [0.15, 0.2) is 0 Å². The molecule has 0 spiro atoms. The van der Waals surface area contributed by atoms with E-state index >= 15 is 0 Å². The lowest BCUT2D eigenvalue weighted by atomic mass is 10.1. The first-order valence-corrected chi connectivity index (χ1v) is 7.69. The van der Waals surface area contributed by atoms with Crippen molar-refractivity contribution in [3.05, 3.63) is 29.3 Å². The molecule has 2 unspecified atom stereocenters. The first-order valence-electron chi connectivity index (χ1n) is 6.64. The van der Waals surface area contributed by atoms with E-state index in [1.54, 1.807) is 25.8 Å². The van der Waals surface area contributed by atoms with Crippen molar-refractivity contribution in [2.24, 2.45) is 0 Å². The van der Waals surface area contributed by atoms with Crippen LogP contribution >= 0.6 is 11.8 Å². The minimum absolute atomic E-state index is 0.0757. The fourth-order valence-corrected chi connectivity index (χ4v) is 2.47. The van der Waals surface area contributed by atoms with Crippen LogP contribution in [-0.4, -0.2) is 35.3 Å². The van der Waals surface area contributed by atoms with Gasteiger partial charge in [-0.2, -0.15) is 11.8 Å². The van der Waals surface area contributed by atoms with Crippen molar-refractivity contribution in [1.29, 1.82) is 0 Å². The summed E-state index contributed by atoms with van der Waals surface area (Å²) in [6, 6.07) is 5.80. The summed E-state index contributed by atoms with van der Waals surface area (Å²) >= 11 is 1.69. The summed E-state index contributed by atoms with van der Waals surface area (Å²) in [4.78, 5) is 0. The van der Waals surface area contributed by atoms with E-state index in [9.17, 15) is 5.11 Å². The zero-order valence-corrected chi connectivity index (χ0v) is 13.0. The highest BCUT2D eigenvalue weighted by Gasteiger charge is 2.11. The Morgan fingerprint density at radius 3 is 2.70 bits per heavy atom. The Labute approximate surface area is 125 Å². The van der Waals surface area contributed by atoms with E-state index in [-0.39, 0.29) is 18.0 Å². The van der Waals surface area contributed by atoms with Crippen molar-refractivity contribution in [3.63, 3.8) is 0 Å². The summed E-state index contributed by atoms with van der Waals surface area (Å²) in [7, 11) is 1.64. The van der Waals surface area contributed by atoms with Crippen LogP contribution in [0.2, 0.25) is 0 Å². The van der Waals surface area contributed by atoms with Crippen molar-refractivity contribution < 1.29 is 14.9 Å². The molecule has 1 aromatic carbocycles. The molecular weight excluding hydrogens is 272 g/mol. The number of aliphatic hydroxyl groups is 2. The number of ether oxygens (including phenoxy) is 1. The van der Waals surface area contributed by atoms with E-state index in [0.717, 1.165) is 22.6 Å². The molecule has 4 heteroatoms. The van der Waals surface area contributed by atoms with E-state index in [4.69, 9.17) is 9.84 Å². The number of rotatable bonds is 6. The second-order valence-electron chi connectivity index (χ2n) is 4.56. The highest BCUT2D eigenvalue weighted by Crippen LogP contribution is 2.25. The van der Waals surface area contributed by atoms with E-state index in [1.165, 1.54) is 0 Å². The van der Waals surface area contributed by atoms with Gasteiger partial charge in [-0.15, -0.1) is 0 Å². The third-order valence-corrected chi connectivity index (χ3v) is 4.35. The molecule has 0 aromatic heterocycles. The van der Waals surface area contributed by atoms with Crippen molar-refractivity contribution in [3.8, 4) is 17.6 Å². The summed E-state index contributed by atoms with van der Waals surface area (Å²) in [6.07, 6.45) is 0.136. The maximum Gasteiger partial charge on any atom is 0.119 e. The number of hydrogen-bond donors (Lipinski definition) is 2. The summed E-state index contributed by atoms with van der Waals surface area (Å²) in [6.45, 7) is 3.88. The molecule has 0 radical (unpaired) electrons. The quantitative estimate of drug-likeness (QED) is 0.791. The highest BCUT2D eigenvalue weighted by molar-refractivity contribution is 7.99. The second kappa shape index (κ2) is 8.91. The van der Waals surface area contributed by atoms with Gasteiger partial charge in [-0.05, 0) is 30.7 Å². The largest absolute Gasteiger partial charge is 0.497 e. The van der Waals surface area contributed by atoms with Crippen LogP contribution in [0.4, 0.5) is 0 Å². The monoisotopic (exact) mass is 294 g/mol. The molecule has 2 N–H and O–H groups in total. The summed E-state index contributed by atoms with van der Waals surface area (Å²) in [5.74, 6) is 7.59. The lowest BCUT2D eigenvalue weighted by Gasteiger charge is -2.15. The van der Waals surface area contributed by atoms with Crippen LogP contribution in [0.1, 0.15) is 31.4 Å². The zero-order chi connectivity index (χ0) is 15.0. The van der Waals surface area contributed by atoms with Crippen molar-refractivity contribution in [1.82, 2.24) is 0 Å². The molecule has 0 aliphatic rings. The molecule has 1 rings (SSSR count). The SMILES string of the molecule is COc1ccc(C#CCCO)c(CSC(C)C(C)O)c1. The molecule has 20 heavy (non-hydrogen) atoms. The topological polar surface area (TPSA) is 49.7 Å². The Hall–Kier alpha value is -1.15.